The zero-order valence-corrected chi connectivity index (χ0v) is 13.2. The van der Waals surface area contributed by atoms with Gasteiger partial charge in [0.1, 0.15) is 0 Å². The minimum atomic E-state index is -3.01. The highest BCUT2D eigenvalue weighted by atomic mass is 35.5. The maximum Gasteiger partial charge on any atom is 0.227 e. The molecule has 110 valence electrons. The number of halogens is 2. The number of benzene rings is 1. The normalized spacial score (nSPS) is 22.4. The van der Waals surface area contributed by atoms with Crippen molar-refractivity contribution in [2.75, 3.05) is 11.5 Å². The molecule has 1 aromatic carbocycles. The van der Waals surface area contributed by atoms with E-state index in [1.165, 1.54) is 0 Å². The molecule has 1 fully saturated rings. The van der Waals surface area contributed by atoms with E-state index in [4.69, 9.17) is 23.2 Å². The molecule has 4 nitrogen and oxygen atoms in total. The van der Waals surface area contributed by atoms with Gasteiger partial charge in [0, 0.05) is 21.7 Å². The number of hydrogen-bond acceptors (Lipinski definition) is 3. The van der Waals surface area contributed by atoms with Crippen molar-refractivity contribution in [2.45, 2.75) is 25.3 Å². The number of carbonyl (C=O) groups excluding carboxylic acids is 1. The van der Waals surface area contributed by atoms with Crippen LogP contribution in [0.1, 0.15) is 24.8 Å². The van der Waals surface area contributed by atoms with E-state index < -0.39 is 15.8 Å². The highest BCUT2D eigenvalue weighted by Gasteiger charge is 2.31. The van der Waals surface area contributed by atoms with Crippen molar-refractivity contribution < 1.29 is 13.2 Å². The fraction of sp³-hybridized carbons (Fsp3) is 0.462. The van der Waals surface area contributed by atoms with Gasteiger partial charge in [0.2, 0.25) is 5.91 Å². The van der Waals surface area contributed by atoms with Gasteiger partial charge in [-0.25, -0.2) is 8.42 Å². The molecule has 2 rings (SSSR count). The topological polar surface area (TPSA) is 63.2 Å². The van der Waals surface area contributed by atoms with E-state index in [0.717, 1.165) is 0 Å². The Morgan fingerprint density at radius 1 is 1.35 bits per heavy atom. The Bertz CT molecular complexity index is 610. The monoisotopic (exact) mass is 335 g/mol. The minimum absolute atomic E-state index is 0.00170. The van der Waals surface area contributed by atoms with Crippen LogP contribution in [0.25, 0.3) is 0 Å². The van der Waals surface area contributed by atoms with E-state index >= 15 is 0 Å². The maximum absolute atomic E-state index is 12.2. The van der Waals surface area contributed by atoms with Crippen LogP contribution >= 0.6 is 23.2 Å². The second-order valence-electron chi connectivity index (χ2n) is 4.97. The first-order valence-electron chi connectivity index (χ1n) is 6.25. The third-order valence-corrected chi connectivity index (χ3v) is 5.83. The second kappa shape index (κ2) is 5.92. The summed E-state index contributed by atoms with van der Waals surface area (Å²) in [6, 6.07) is 4.73. The van der Waals surface area contributed by atoms with Gasteiger partial charge >= 0.3 is 0 Å². The van der Waals surface area contributed by atoms with Gasteiger partial charge in [-0.2, -0.15) is 0 Å². The predicted octanol–water partition coefficient (Wildman–Crippen LogP) is 2.40. The molecule has 0 aliphatic carbocycles. The third-order valence-electron chi connectivity index (χ3n) is 3.40. The number of hydrogen-bond donors (Lipinski definition) is 1. The number of sulfone groups is 1. The van der Waals surface area contributed by atoms with Gasteiger partial charge in [-0.1, -0.05) is 29.3 Å². The summed E-state index contributed by atoms with van der Waals surface area (Å²) in [4.78, 5) is 12.2. The zero-order valence-electron chi connectivity index (χ0n) is 10.9. The van der Waals surface area contributed by atoms with Crippen LogP contribution in [0.2, 0.25) is 10.0 Å². The molecule has 0 saturated carbocycles. The summed E-state index contributed by atoms with van der Waals surface area (Å²) in [7, 11) is -3.01. The summed E-state index contributed by atoms with van der Waals surface area (Å²) < 4.78 is 22.8. The Labute approximate surface area is 128 Å². The van der Waals surface area contributed by atoms with Crippen molar-refractivity contribution in [1.29, 1.82) is 0 Å². The van der Waals surface area contributed by atoms with Crippen LogP contribution in [0.5, 0.6) is 0 Å². The first kappa shape index (κ1) is 15.6. The standard InChI is InChI=1S/C13H15Cl2NO3S/c1-8(12-10(14)3-2-4-11(12)15)13(17)16-9-5-6-20(18,19)7-9/h2-4,8-9H,5-7H2,1H3,(H,16,17)/t8-,9+/m0/s1. The molecule has 1 N–H and O–H groups in total. The molecule has 0 radical (unpaired) electrons. The van der Waals surface area contributed by atoms with E-state index in [2.05, 4.69) is 5.32 Å². The molecule has 0 aromatic heterocycles. The molecule has 1 aromatic rings. The molecule has 1 saturated heterocycles. The van der Waals surface area contributed by atoms with Crippen molar-refractivity contribution in [1.82, 2.24) is 5.32 Å². The quantitative estimate of drug-likeness (QED) is 0.922. The highest BCUT2D eigenvalue weighted by molar-refractivity contribution is 7.91. The zero-order chi connectivity index (χ0) is 14.9. The molecule has 20 heavy (non-hydrogen) atoms. The largest absolute Gasteiger partial charge is 0.352 e. The van der Waals surface area contributed by atoms with E-state index in [0.29, 0.717) is 22.0 Å². The number of amides is 1. The Morgan fingerprint density at radius 2 is 1.95 bits per heavy atom. The minimum Gasteiger partial charge on any atom is -0.352 e. The summed E-state index contributed by atoms with van der Waals surface area (Å²) in [5, 5.41) is 3.61. The lowest BCUT2D eigenvalue weighted by atomic mass is 9.99. The summed E-state index contributed by atoms with van der Waals surface area (Å²) >= 11 is 12.1. The molecule has 1 heterocycles. The van der Waals surface area contributed by atoms with Gasteiger partial charge in [0.15, 0.2) is 9.84 Å². The fourth-order valence-electron chi connectivity index (χ4n) is 2.29. The van der Waals surface area contributed by atoms with Gasteiger partial charge in [-0.05, 0) is 25.5 Å². The highest BCUT2D eigenvalue weighted by Crippen LogP contribution is 2.31. The lowest BCUT2D eigenvalue weighted by molar-refractivity contribution is -0.122. The second-order valence-corrected chi connectivity index (χ2v) is 8.01. The molecule has 7 heteroatoms. The molecule has 1 aliphatic rings. The first-order valence-corrected chi connectivity index (χ1v) is 8.82. The van der Waals surface area contributed by atoms with Crippen LogP contribution in [0, 0.1) is 0 Å². The van der Waals surface area contributed by atoms with Crippen LogP contribution in [0.3, 0.4) is 0 Å². The van der Waals surface area contributed by atoms with Gasteiger partial charge in [-0.3, -0.25) is 4.79 Å². The number of nitrogens with one attached hydrogen (secondary N) is 1. The van der Waals surface area contributed by atoms with E-state index in [-0.39, 0.29) is 23.5 Å². The number of carbonyl (C=O) groups is 1. The lowest BCUT2D eigenvalue weighted by Gasteiger charge is -2.18. The van der Waals surface area contributed by atoms with E-state index in [1.54, 1.807) is 25.1 Å². The van der Waals surface area contributed by atoms with E-state index in [1.807, 2.05) is 0 Å². The maximum atomic E-state index is 12.2. The van der Waals surface area contributed by atoms with E-state index in [9.17, 15) is 13.2 Å². The Balaban J connectivity index is 2.10. The third kappa shape index (κ3) is 3.45. The van der Waals surface area contributed by atoms with Crippen molar-refractivity contribution in [2.24, 2.45) is 0 Å². The average Bonchev–Trinajstić information content (AvgIpc) is 2.68. The Hall–Kier alpha value is -0.780. The van der Waals surface area contributed by atoms with Gasteiger partial charge in [-0.15, -0.1) is 0 Å². The van der Waals surface area contributed by atoms with Crippen molar-refractivity contribution in [3.05, 3.63) is 33.8 Å². The van der Waals surface area contributed by atoms with Gasteiger partial charge in [0.25, 0.3) is 0 Å². The molecular weight excluding hydrogens is 321 g/mol. The Kier molecular flexibility index (Phi) is 4.62. The smallest absolute Gasteiger partial charge is 0.227 e. The summed E-state index contributed by atoms with van der Waals surface area (Å²) in [5.41, 5.74) is 0.564. The van der Waals surface area contributed by atoms with Crippen LogP contribution in [-0.4, -0.2) is 31.9 Å². The molecule has 0 unspecified atom stereocenters. The van der Waals surface area contributed by atoms with Crippen LogP contribution < -0.4 is 5.32 Å². The van der Waals surface area contributed by atoms with Crippen molar-refractivity contribution in [3.63, 3.8) is 0 Å². The first-order chi connectivity index (χ1) is 9.30. The Morgan fingerprint density at radius 3 is 2.45 bits per heavy atom. The molecular formula is C13H15Cl2NO3S. The summed E-state index contributed by atoms with van der Waals surface area (Å²) in [6.07, 6.45) is 0.455. The molecule has 1 amide bonds. The van der Waals surface area contributed by atoms with Gasteiger partial charge < -0.3 is 5.32 Å². The number of rotatable bonds is 3. The van der Waals surface area contributed by atoms with Crippen LogP contribution in [0.15, 0.2) is 18.2 Å². The molecule has 0 spiro atoms. The molecule has 0 bridgehead atoms. The van der Waals surface area contributed by atoms with Gasteiger partial charge in [0.05, 0.1) is 17.4 Å². The van der Waals surface area contributed by atoms with Crippen molar-refractivity contribution >= 4 is 38.9 Å². The molecule has 1 aliphatic heterocycles. The predicted molar refractivity (Wildman–Crippen MR) is 80.1 cm³/mol. The fourth-order valence-corrected chi connectivity index (χ4v) is 4.69. The van der Waals surface area contributed by atoms with Crippen molar-refractivity contribution in [3.8, 4) is 0 Å². The summed E-state index contributed by atoms with van der Waals surface area (Å²) in [5.74, 6) is -0.664. The molecule has 2 atom stereocenters. The van der Waals surface area contributed by atoms with Crippen LogP contribution in [0.4, 0.5) is 0 Å². The van der Waals surface area contributed by atoms with Crippen LogP contribution in [-0.2, 0) is 14.6 Å². The summed E-state index contributed by atoms with van der Waals surface area (Å²) in [6.45, 7) is 1.70. The lowest BCUT2D eigenvalue weighted by Crippen LogP contribution is -2.38. The SMILES string of the molecule is C[C@H](C(=O)N[C@@H]1CCS(=O)(=O)C1)c1c(Cl)cccc1Cl. The average molecular weight is 336 g/mol.